The number of nitrogens with zero attached hydrogens (tertiary/aromatic N) is 1. The van der Waals surface area contributed by atoms with Crippen LogP contribution >= 0.6 is 14.5 Å². The molecule has 0 spiro atoms. The van der Waals surface area contributed by atoms with Gasteiger partial charge in [0.1, 0.15) is 23.2 Å². The fourth-order valence-corrected chi connectivity index (χ4v) is 13.3. The predicted molar refractivity (Wildman–Crippen MR) is 221 cm³/mol. The second kappa shape index (κ2) is 22.9. The Balaban J connectivity index is 0.000000265. The van der Waals surface area contributed by atoms with Crippen LogP contribution in [0, 0.1) is 21.5 Å². The van der Waals surface area contributed by atoms with Crippen molar-refractivity contribution in [1.29, 1.82) is 0 Å². The van der Waals surface area contributed by atoms with Crippen molar-refractivity contribution >= 4 is 52.3 Å². The maximum Gasteiger partial charge on any atom is 1.00 e. The van der Waals surface area contributed by atoms with Gasteiger partial charge in [0.25, 0.3) is 0 Å². The molecule has 6 aromatic carbocycles. The summed E-state index contributed by atoms with van der Waals surface area (Å²) in [6.07, 6.45) is 1.80. The Kier molecular flexibility index (Phi) is 18.4. The summed E-state index contributed by atoms with van der Waals surface area (Å²) in [6, 6.07) is 61.5. The van der Waals surface area contributed by atoms with Gasteiger partial charge in [-0.15, -0.1) is 6.16 Å². The second-order valence-electron chi connectivity index (χ2n) is 11.4. The van der Waals surface area contributed by atoms with Crippen LogP contribution < -0.4 is 36.9 Å². The van der Waals surface area contributed by atoms with E-state index in [0.29, 0.717) is 13.2 Å². The second-order valence-corrected chi connectivity index (χ2v) is 18.0. The summed E-state index contributed by atoms with van der Waals surface area (Å²) in [5, 5.41) is 34.1. The van der Waals surface area contributed by atoms with Crippen molar-refractivity contribution in [1.82, 2.24) is 0 Å². The Morgan fingerprint density at radius 1 is 0.545 bits per heavy atom. The number of hydrogen-bond donors (Lipinski definition) is 0. The van der Waals surface area contributed by atoms with Gasteiger partial charge in [-0.25, -0.2) is 0 Å². The SMILES string of the molecule is CCO/C([O-])=C/[P+](c1ccccc1)(c1ccccc1)c1ccccc1.CCOC(=O)[CH-][P+](c1ccccc1)(c1ccccc1)c1ccccc1.O=[N+]([O-])[O-].[Ag+]. The molecule has 55 heavy (non-hydrogen) atoms. The van der Waals surface area contributed by atoms with Crippen LogP contribution in [0.2, 0.25) is 0 Å². The summed E-state index contributed by atoms with van der Waals surface area (Å²) in [5.74, 6) is 1.26. The van der Waals surface area contributed by atoms with E-state index in [1.807, 2.05) is 123 Å². The van der Waals surface area contributed by atoms with E-state index < -0.39 is 19.6 Å². The van der Waals surface area contributed by atoms with Crippen LogP contribution in [0.25, 0.3) is 0 Å². The number of carbonyl (C=O) groups is 1. The van der Waals surface area contributed by atoms with Crippen LogP contribution in [0.3, 0.4) is 0 Å². The number of hydrogen-bond acceptors (Lipinski definition) is 7. The van der Waals surface area contributed by atoms with Crippen LogP contribution in [0.1, 0.15) is 13.8 Å². The van der Waals surface area contributed by atoms with Crippen molar-refractivity contribution in [2.75, 3.05) is 13.2 Å². The first-order valence-corrected chi connectivity index (χ1v) is 21.0. The summed E-state index contributed by atoms with van der Waals surface area (Å²) < 4.78 is 10.6. The largest absolute Gasteiger partial charge is 1.00 e. The predicted octanol–water partition coefficient (Wildman–Crippen LogP) is 6.64. The summed E-state index contributed by atoms with van der Waals surface area (Å²) >= 11 is 0. The van der Waals surface area contributed by atoms with Gasteiger partial charge in [-0.2, -0.15) is 0 Å². The van der Waals surface area contributed by atoms with Crippen molar-refractivity contribution in [2.24, 2.45) is 0 Å². The van der Waals surface area contributed by atoms with Crippen molar-refractivity contribution in [3.05, 3.63) is 215 Å². The molecule has 0 aromatic heterocycles. The van der Waals surface area contributed by atoms with Gasteiger partial charge >= 0.3 is 22.4 Å². The van der Waals surface area contributed by atoms with E-state index in [4.69, 9.17) is 24.8 Å². The first-order chi connectivity index (χ1) is 26.3. The smallest absolute Gasteiger partial charge is 0.611 e. The third-order valence-electron chi connectivity index (χ3n) is 8.15. The Hall–Kier alpha value is -5.20. The molecule has 286 valence electrons. The standard InChI is InChI=1S/2C22H21O2P.Ag.NO3/c2*1-2-24-22(23)18-25(19-12-6-3-7-13-19,20-14-8-4-9-15-20)21-16-10-5-11-17-21;;2-1(3)4/h2*3-18H,2H2,1H3;;/q;;+1;-1/b22-18+;;;. The molecule has 0 amide bonds. The molecule has 0 N–H and O–H groups in total. The van der Waals surface area contributed by atoms with Gasteiger partial charge < -0.3 is 29.9 Å². The molecule has 0 atom stereocenters. The summed E-state index contributed by atoms with van der Waals surface area (Å²) in [4.78, 5) is 20.8. The number of esters is 1. The van der Waals surface area contributed by atoms with Crippen LogP contribution in [0.4, 0.5) is 0 Å². The molecule has 0 aliphatic carbocycles. The zero-order valence-corrected chi connectivity index (χ0v) is 33.7. The molecule has 6 rings (SSSR count). The first kappa shape index (κ1) is 44.2. The van der Waals surface area contributed by atoms with Gasteiger partial charge in [-0.1, -0.05) is 116 Å². The van der Waals surface area contributed by atoms with Gasteiger partial charge in [-0.05, 0) is 86.3 Å². The van der Waals surface area contributed by atoms with E-state index in [9.17, 15) is 9.90 Å². The molecule has 0 bridgehead atoms. The molecule has 11 heteroatoms. The maximum absolute atomic E-state index is 12.5. The molecule has 0 aliphatic rings. The monoisotopic (exact) mass is 865 g/mol. The van der Waals surface area contributed by atoms with Gasteiger partial charge in [0.15, 0.2) is 0 Å². The van der Waals surface area contributed by atoms with Crippen LogP contribution in [-0.4, -0.2) is 24.3 Å². The van der Waals surface area contributed by atoms with E-state index in [1.165, 1.54) is 0 Å². The van der Waals surface area contributed by atoms with Gasteiger partial charge in [-0.3, -0.25) is 4.79 Å². The Labute approximate surface area is 339 Å². The maximum atomic E-state index is 12.5. The molecule has 0 radical (unpaired) electrons. The third kappa shape index (κ3) is 11.9. The Morgan fingerprint density at radius 2 is 0.800 bits per heavy atom. The normalized spacial score (nSPS) is 10.8. The van der Waals surface area contributed by atoms with Crippen molar-refractivity contribution in [3.63, 3.8) is 0 Å². The summed E-state index contributed by atoms with van der Waals surface area (Å²) in [7, 11) is -4.48. The number of benzene rings is 6. The first-order valence-electron chi connectivity index (χ1n) is 17.3. The van der Waals surface area contributed by atoms with Crippen molar-refractivity contribution in [3.8, 4) is 0 Å². The van der Waals surface area contributed by atoms with Crippen LogP contribution in [0.5, 0.6) is 0 Å². The molecule has 0 saturated heterocycles. The summed E-state index contributed by atoms with van der Waals surface area (Å²) in [6.45, 7) is 4.40. The fraction of sp³-hybridized carbons (Fsp3) is 0.0909. The van der Waals surface area contributed by atoms with Gasteiger partial charge in [0.05, 0.1) is 39.4 Å². The van der Waals surface area contributed by atoms with Crippen molar-refractivity contribution in [2.45, 2.75) is 13.8 Å². The van der Waals surface area contributed by atoms with Crippen LogP contribution in [-0.2, 0) is 36.6 Å². The molecule has 0 heterocycles. The van der Waals surface area contributed by atoms with E-state index in [-0.39, 0.29) is 34.3 Å². The van der Waals surface area contributed by atoms with E-state index in [2.05, 4.69) is 72.8 Å². The molecule has 0 fully saturated rings. The Bertz CT molecular complexity index is 1830. The minimum absolute atomic E-state index is 0. The zero-order valence-electron chi connectivity index (χ0n) is 30.4. The van der Waals surface area contributed by atoms with Gasteiger partial charge in [0, 0.05) is 7.26 Å². The molecular weight excluding hydrogens is 824 g/mol. The molecule has 8 nitrogen and oxygen atoms in total. The van der Waals surface area contributed by atoms with Gasteiger partial charge in [0.2, 0.25) is 5.97 Å². The minimum atomic E-state index is -2.24. The number of carbonyl (C=O) groups excluding carboxylic acids is 1. The van der Waals surface area contributed by atoms with Crippen molar-refractivity contribution < 1.29 is 46.8 Å². The third-order valence-corrected chi connectivity index (χ3v) is 16.0. The topological polar surface area (TPSA) is 125 Å². The molecule has 0 aliphatic heterocycles. The Morgan fingerprint density at radius 3 is 1.05 bits per heavy atom. The quantitative estimate of drug-likeness (QED) is 0.0257. The molecule has 6 aromatic rings. The average molecular weight is 867 g/mol. The van der Waals surface area contributed by atoms with Crippen LogP contribution in [0.15, 0.2) is 194 Å². The zero-order chi connectivity index (χ0) is 38.7. The van der Waals surface area contributed by atoms with E-state index in [1.54, 1.807) is 12.0 Å². The number of rotatable bonds is 12. The molecule has 0 saturated carbocycles. The fourth-order valence-electron chi connectivity index (χ4n) is 6.00. The summed E-state index contributed by atoms with van der Waals surface area (Å²) in [5.41, 5.74) is 0. The average Bonchev–Trinajstić information content (AvgIpc) is 3.21. The minimum Gasteiger partial charge on any atom is -0.611 e. The van der Waals surface area contributed by atoms with E-state index >= 15 is 0 Å². The van der Waals surface area contributed by atoms with E-state index in [0.717, 1.165) is 31.8 Å². The molecular formula is C44H42AgNO7P2. The molecule has 0 unspecified atom stereocenters. The number of ether oxygens (including phenoxy) is 2.